The summed E-state index contributed by atoms with van der Waals surface area (Å²) in [6, 6.07) is 5.99. The predicted molar refractivity (Wildman–Crippen MR) is 114 cm³/mol. The van der Waals surface area contributed by atoms with Gasteiger partial charge < -0.3 is 19.4 Å². The molecule has 2 amide bonds. The maximum absolute atomic E-state index is 13.3. The molecule has 0 spiro atoms. The van der Waals surface area contributed by atoms with Crippen LogP contribution in [0.2, 0.25) is 0 Å². The fourth-order valence-electron chi connectivity index (χ4n) is 4.64. The summed E-state index contributed by atoms with van der Waals surface area (Å²) in [6.45, 7) is 9.70. The molecular weight excluding hydrogens is 407 g/mol. The number of ether oxygens (including phenoxy) is 1. The van der Waals surface area contributed by atoms with Gasteiger partial charge in [-0.1, -0.05) is 25.1 Å². The quantitative estimate of drug-likeness (QED) is 0.666. The van der Waals surface area contributed by atoms with E-state index in [9.17, 15) is 18.0 Å². The molecule has 0 N–H and O–H groups in total. The number of urea groups is 1. The van der Waals surface area contributed by atoms with Crippen LogP contribution in [0.4, 0.5) is 18.0 Å². The number of rotatable bonds is 6. The lowest BCUT2D eigenvalue weighted by molar-refractivity contribution is -0.138. The molecule has 1 aromatic rings. The summed E-state index contributed by atoms with van der Waals surface area (Å²) in [4.78, 5) is 18.7. The van der Waals surface area contributed by atoms with Crippen molar-refractivity contribution in [1.82, 2.24) is 14.7 Å². The average molecular weight is 442 g/mol. The zero-order valence-electron chi connectivity index (χ0n) is 18.5. The van der Waals surface area contributed by atoms with Gasteiger partial charge in [0.15, 0.2) is 0 Å². The van der Waals surface area contributed by atoms with Gasteiger partial charge >= 0.3 is 12.2 Å². The van der Waals surface area contributed by atoms with Crippen LogP contribution in [0.1, 0.15) is 37.8 Å². The molecule has 2 heterocycles. The highest BCUT2D eigenvalue weighted by molar-refractivity contribution is 5.74. The number of amides is 2. The van der Waals surface area contributed by atoms with Gasteiger partial charge in [-0.3, -0.25) is 0 Å². The van der Waals surface area contributed by atoms with Crippen LogP contribution in [0, 0.1) is 5.92 Å². The van der Waals surface area contributed by atoms with Crippen molar-refractivity contribution < 1.29 is 22.7 Å². The van der Waals surface area contributed by atoms with Crippen LogP contribution >= 0.6 is 0 Å². The van der Waals surface area contributed by atoms with E-state index in [0.717, 1.165) is 39.0 Å². The Morgan fingerprint density at radius 1 is 1.13 bits per heavy atom. The molecule has 5 nitrogen and oxygen atoms in total. The lowest BCUT2D eigenvalue weighted by Crippen LogP contribution is -2.51. The SMILES string of the molecule is CCN(CC1CCN(C(=O)N2CCOCC2)CC1)C(C)Cc1ccccc1C(F)(F)F. The Morgan fingerprint density at radius 2 is 1.74 bits per heavy atom. The Kier molecular flexibility index (Phi) is 8.22. The molecule has 0 bridgehead atoms. The lowest BCUT2D eigenvalue weighted by atomic mass is 9.94. The normalized spacial score (nSPS) is 19.7. The highest BCUT2D eigenvalue weighted by Gasteiger charge is 2.34. The second-order valence-corrected chi connectivity index (χ2v) is 8.61. The summed E-state index contributed by atoms with van der Waals surface area (Å²) in [5.74, 6) is 0.453. The molecule has 174 valence electrons. The summed E-state index contributed by atoms with van der Waals surface area (Å²) in [7, 11) is 0. The largest absolute Gasteiger partial charge is 0.416 e. The third-order valence-electron chi connectivity index (χ3n) is 6.53. The van der Waals surface area contributed by atoms with Crippen LogP contribution in [0.15, 0.2) is 24.3 Å². The Labute approximate surface area is 183 Å². The van der Waals surface area contributed by atoms with Crippen LogP contribution in [0.25, 0.3) is 0 Å². The second-order valence-electron chi connectivity index (χ2n) is 8.61. The highest BCUT2D eigenvalue weighted by Crippen LogP contribution is 2.33. The number of likely N-dealkylation sites (tertiary alicyclic amines) is 1. The third-order valence-corrected chi connectivity index (χ3v) is 6.53. The molecule has 0 aliphatic carbocycles. The number of piperidine rings is 1. The third kappa shape index (κ3) is 6.35. The van der Waals surface area contributed by atoms with Gasteiger partial charge in [0.2, 0.25) is 0 Å². The molecule has 2 saturated heterocycles. The van der Waals surface area contributed by atoms with Crippen LogP contribution in [-0.4, -0.2) is 79.3 Å². The molecule has 1 unspecified atom stereocenters. The van der Waals surface area contributed by atoms with E-state index in [1.165, 1.54) is 12.1 Å². The van der Waals surface area contributed by atoms with E-state index in [1.807, 2.05) is 16.7 Å². The minimum atomic E-state index is -4.33. The summed E-state index contributed by atoms with van der Waals surface area (Å²) < 4.78 is 45.3. The molecule has 31 heavy (non-hydrogen) atoms. The number of alkyl halides is 3. The van der Waals surface area contributed by atoms with Crippen LogP contribution in [-0.2, 0) is 17.3 Å². The summed E-state index contributed by atoms with van der Waals surface area (Å²) in [5.41, 5.74) is -0.181. The standard InChI is InChI=1S/C23H34F3N3O2/c1-3-27(18(2)16-20-6-4-5-7-21(20)23(24,25)26)17-19-8-10-28(11-9-19)22(30)29-12-14-31-15-13-29/h4-7,18-19H,3,8-17H2,1-2H3. The highest BCUT2D eigenvalue weighted by atomic mass is 19.4. The molecule has 8 heteroatoms. The topological polar surface area (TPSA) is 36.0 Å². The first kappa shape index (κ1) is 23.9. The van der Waals surface area contributed by atoms with Gasteiger partial charge in [-0.15, -0.1) is 0 Å². The Hall–Kier alpha value is -1.80. The minimum Gasteiger partial charge on any atom is -0.378 e. The number of benzene rings is 1. The van der Waals surface area contributed by atoms with Crippen LogP contribution < -0.4 is 0 Å². The van der Waals surface area contributed by atoms with Gasteiger partial charge in [-0.2, -0.15) is 13.2 Å². The number of hydrogen-bond acceptors (Lipinski definition) is 3. The Bertz CT molecular complexity index is 714. The molecule has 2 fully saturated rings. The zero-order chi connectivity index (χ0) is 22.4. The Balaban J connectivity index is 1.52. The first-order valence-electron chi connectivity index (χ1n) is 11.3. The van der Waals surface area contributed by atoms with E-state index in [2.05, 4.69) is 11.8 Å². The molecule has 0 saturated carbocycles. The predicted octanol–water partition coefficient (Wildman–Crippen LogP) is 4.12. The number of carbonyl (C=O) groups is 1. The van der Waals surface area contributed by atoms with Crippen LogP contribution in [0.5, 0.6) is 0 Å². The number of morpholine rings is 1. The van der Waals surface area contributed by atoms with E-state index in [1.54, 1.807) is 12.1 Å². The smallest absolute Gasteiger partial charge is 0.378 e. The maximum atomic E-state index is 13.3. The molecule has 2 aliphatic heterocycles. The van der Waals surface area contributed by atoms with E-state index < -0.39 is 11.7 Å². The van der Waals surface area contributed by atoms with Gasteiger partial charge in [0.25, 0.3) is 0 Å². The van der Waals surface area contributed by atoms with Gasteiger partial charge in [0.1, 0.15) is 0 Å². The van der Waals surface area contributed by atoms with Gasteiger partial charge in [-0.05, 0) is 50.3 Å². The minimum absolute atomic E-state index is 0.0153. The number of nitrogens with zero attached hydrogens (tertiary/aromatic N) is 3. The zero-order valence-corrected chi connectivity index (χ0v) is 18.5. The van der Waals surface area contributed by atoms with Crippen molar-refractivity contribution in [2.75, 3.05) is 52.5 Å². The number of halogens is 3. The van der Waals surface area contributed by atoms with Crippen molar-refractivity contribution in [1.29, 1.82) is 0 Å². The number of likely N-dealkylation sites (N-methyl/N-ethyl adjacent to an activating group) is 1. The van der Waals surface area contributed by atoms with Crippen molar-refractivity contribution in [3.8, 4) is 0 Å². The van der Waals surface area contributed by atoms with Crippen molar-refractivity contribution in [2.24, 2.45) is 5.92 Å². The number of hydrogen-bond donors (Lipinski definition) is 0. The molecule has 1 aromatic carbocycles. The first-order chi connectivity index (χ1) is 14.8. The number of carbonyl (C=O) groups excluding carboxylic acids is 1. The van der Waals surface area contributed by atoms with Crippen molar-refractivity contribution in [3.05, 3.63) is 35.4 Å². The summed E-state index contributed by atoms with van der Waals surface area (Å²) >= 11 is 0. The van der Waals surface area contributed by atoms with E-state index in [-0.39, 0.29) is 12.1 Å². The average Bonchev–Trinajstić information content (AvgIpc) is 2.77. The van der Waals surface area contributed by atoms with E-state index in [0.29, 0.717) is 44.2 Å². The monoisotopic (exact) mass is 441 g/mol. The van der Waals surface area contributed by atoms with E-state index >= 15 is 0 Å². The van der Waals surface area contributed by atoms with Gasteiger partial charge in [0.05, 0.1) is 18.8 Å². The van der Waals surface area contributed by atoms with Crippen molar-refractivity contribution in [2.45, 2.75) is 45.3 Å². The van der Waals surface area contributed by atoms with Crippen LogP contribution in [0.3, 0.4) is 0 Å². The lowest BCUT2D eigenvalue weighted by Gasteiger charge is -2.39. The molecule has 3 rings (SSSR count). The molecule has 0 aromatic heterocycles. The maximum Gasteiger partial charge on any atom is 0.416 e. The van der Waals surface area contributed by atoms with Crippen molar-refractivity contribution >= 4 is 6.03 Å². The fraction of sp³-hybridized carbons (Fsp3) is 0.696. The Morgan fingerprint density at radius 3 is 2.35 bits per heavy atom. The fourth-order valence-corrected chi connectivity index (χ4v) is 4.64. The summed E-state index contributed by atoms with van der Waals surface area (Å²) in [5, 5.41) is 0. The molecule has 2 aliphatic rings. The first-order valence-corrected chi connectivity index (χ1v) is 11.3. The molecular formula is C23H34F3N3O2. The molecule has 0 radical (unpaired) electrons. The van der Waals surface area contributed by atoms with Gasteiger partial charge in [-0.25, -0.2) is 4.79 Å². The van der Waals surface area contributed by atoms with Crippen molar-refractivity contribution in [3.63, 3.8) is 0 Å². The molecule has 1 atom stereocenters. The second kappa shape index (κ2) is 10.7. The van der Waals surface area contributed by atoms with E-state index in [4.69, 9.17) is 4.74 Å². The summed E-state index contributed by atoms with van der Waals surface area (Å²) in [6.07, 6.45) is -2.10. The van der Waals surface area contributed by atoms with Gasteiger partial charge in [0, 0.05) is 38.8 Å².